The van der Waals surface area contributed by atoms with Gasteiger partial charge in [-0.2, -0.15) is 0 Å². The molecule has 0 saturated carbocycles. The molecular formula is C21H19O9-. The number of rotatable bonds is 6. The second-order valence-electron chi connectivity index (χ2n) is 6.52. The highest BCUT2D eigenvalue weighted by molar-refractivity contribution is 5.90. The quantitative estimate of drug-likeness (QED) is 0.736. The molecule has 2 aromatic rings. The lowest BCUT2D eigenvalue weighted by Crippen LogP contribution is -2.33. The van der Waals surface area contributed by atoms with E-state index in [2.05, 4.69) is 0 Å². The largest absolute Gasteiger partial charge is 0.545 e. The third kappa shape index (κ3) is 3.03. The number of hydrogen-bond acceptors (Lipinski definition) is 9. The van der Waals surface area contributed by atoms with Crippen LogP contribution in [0.5, 0.6) is 34.5 Å². The number of carbonyl (C=O) groups excluding carboxylic acids is 1. The number of carboxylic acids is 1. The van der Waals surface area contributed by atoms with E-state index in [4.69, 9.17) is 28.4 Å². The molecule has 2 aliphatic heterocycles. The van der Waals surface area contributed by atoms with Crippen LogP contribution in [0.2, 0.25) is 0 Å². The van der Waals surface area contributed by atoms with E-state index < -0.39 is 18.5 Å². The summed E-state index contributed by atoms with van der Waals surface area (Å²) in [6, 6.07) is 6.54. The molecule has 0 fully saturated rings. The lowest BCUT2D eigenvalue weighted by Gasteiger charge is -2.32. The maximum atomic E-state index is 12.1. The minimum Gasteiger partial charge on any atom is -0.545 e. The number of aliphatic hydroxyl groups excluding tert-OH is 1. The molecule has 0 radical (unpaired) electrons. The van der Waals surface area contributed by atoms with Crippen molar-refractivity contribution in [3.05, 3.63) is 46.7 Å². The van der Waals surface area contributed by atoms with Crippen LogP contribution in [0.1, 0.15) is 17.0 Å². The summed E-state index contributed by atoms with van der Waals surface area (Å²) in [5.41, 5.74) is 0.807. The second kappa shape index (κ2) is 7.68. The van der Waals surface area contributed by atoms with Crippen molar-refractivity contribution in [1.82, 2.24) is 0 Å². The van der Waals surface area contributed by atoms with E-state index in [-0.39, 0.29) is 18.1 Å². The molecule has 0 spiro atoms. The standard InChI is InChI=1S/C21H20O9/c1-25-15-4-10(5-16(26-2)20(15)27-3)18-11-6-13-14(29-9-28-13)7-12(11)30-17(8-22)19(18)21(23)24/h4-7,18,22H,8-9H2,1-3H3,(H,23,24)/p-1/t18-/m1/s1. The molecule has 2 aromatic carbocycles. The Balaban J connectivity index is 1.99. The molecule has 0 bridgehead atoms. The van der Waals surface area contributed by atoms with Crippen LogP contribution in [0.25, 0.3) is 0 Å². The van der Waals surface area contributed by atoms with Crippen LogP contribution in [0.15, 0.2) is 35.6 Å². The van der Waals surface area contributed by atoms with Crippen LogP contribution >= 0.6 is 0 Å². The Morgan fingerprint density at radius 2 is 1.67 bits per heavy atom. The SMILES string of the molecule is COc1cc([C@H]2C(C(=O)[O-])=C(CO)Oc3cc4c(cc32)OCO4)cc(OC)c1OC. The Labute approximate surface area is 172 Å². The molecule has 9 heteroatoms. The van der Waals surface area contributed by atoms with Crippen LogP contribution < -0.4 is 33.5 Å². The lowest BCUT2D eigenvalue weighted by atomic mass is 9.81. The van der Waals surface area contributed by atoms with Crippen LogP contribution in [0.4, 0.5) is 0 Å². The van der Waals surface area contributed by atoms with E-state index in [0.29, 0.717) is 45.6 Å². The van der Waals surface area contributed by atoms with Gasteiger partial charge in [0.2, 0.25) is 12.5 Å². The molecule has 0 saturated heterocycles. The van der Waals surface area contributed by atoms with Gasteiger partial charge in [0.15, 0.2) is 23.0 Å². The van der Waals surface area contributed by atoms with Gasteiger partial charge in [-0.3, -0.25) is 0 Å². The van der Waals surface area contributed by atoms with Gasteiger partial charge in [0.1, 0.15) is 18.1 Å². The van der Waals surface area contributed by atoms with Gasteiger partial charge < -0.3 is 43.4 Å². The molecule has 158 valence electrons. The van der Waals surface area contributed by atoms with Crippen LogP contribution in [0.3, 0.4) is 0 Å². The average Bonchev–Trinajstić information content (AvgIpc) is 3.22. The predicted octanol–water partition coefficient (Wildman–Crippen LogP) is 0.962. The molecule has 0 unspecified atom stereocenters. The highest BCUT2D eigenvalue weighted by Gasteiger charge is 2.35. The molecule has 2 aliphatic rings. The maximum absolute atomic E-state index is 12.1. The molecule has 4 rings (SSSR count). The fraction of sp³-hybridized carbons (Fsp3) is 0.286. The highest BCUT2D eigenvalue weighted by atomic mass is 16.7. The van der Waals surface area contributed by atoms with Gasteiger partial charge in [0.05, 0.1) is 27.3 Å². The van der Waals surface area contributed by atoms with Crippen molar-refractivity contribution < 1.29 is 43.4 Å². The van der Waals surface area contributed by atoms with Crippen molar-refractivity contribution in [3.63, 3.8) is 0 Å². The van der Waals surface area contributed by atoms with Gasteiger partial charge in [-0.05, 0) is 23.8 Å². The first-order chi connectivity index (χ1) is 14.5. The Kier molecular flexibility index (Phi) is 5.04. The van der Waals surface area contributed by atoms with E-state index in [1.54, 1.807) is 24.3 Å². The number of carboxylic acid groups (broad SMARTS) is 1. The van der Waals surface area contributed by atoms with Crippen LogP contribution in [0, 0.1) is 0 Å². The van der Waals surface area contributed by atoms with Gasteiger partial charge in [0, 0.05) is 23.1 Å². The van der Waals surface area contributed by atoms with Gasteiger partial charge in [-0.25, -0.2) is 0 Å². The van der Waals surface area contributed by atoms with Crippen molar-refractivity contribution in [2.75, 3.05) is 34.7 Å². The normalized spacial score (nSPS) is 16.6. The minimum atomic E-state index is -1.47. The monoisotopic (exact) mass is 415 g/mol. The Bertz CT molecular complexity index is 1020. The molecule has 0 amide bonds. The molecule has 1 N–H and O–H groups in total. The van der Waals surface area contributed by atoms with E-state index in [9.17, 15) is 15.0 Å². The van der Waals surface area contributed by atoms with Crippen molar-refractivity contribution in [2.24, 2.45) is 0 Å². The van der Waals surface area contributed by atoms with Gasteiger partial charge >= 0.3 is 0 Å². The Hall–Kier alpha value is -3.59. The second-order valence-corrected chi connectivity index (χ2v) is 6.52. The van der Waals surface area contributed by atoms with Gasteiger partial charge in [-0.1, -0.05) is 0 Å². The first-order valence-corrected chi connectivity index (χ1v) is 8.98. The molecule has 0 aliphatic carbocycles. The van der Waals surface area contributed by atoms with E-state index in [0.717, 1.165) is 0 Å². The predicted molar refractivity (Wildman–Crippen MR) is 100 cm³/mol. The van der Waals surface area contributed by atoms with Crippen molar-refractivity contribution in [1.29, 1.82) is 0 Å². The van der Waals surface area contributed by atoms with E-state index >= 15 is 0 Å². The van der Waals surface area contributed by atoms with E-state index in [1.165, 1.54) is 21.3 Å². The summed E-state index contributed by atoms with van der Waals surface area (Å²) >= 11 is 0. The minimum absolute atomic E-state index is 0.0424. The molecule has 1 atom stereocenters. The van der Waals surface area contributed by atoms with Crippen molar-refractivity contribution in [2.45, 2.75) is 5.92 Å². The highest BCUT2D eigenvalue weighted by Crippen LogP contribution is 2.50. The fourth-order valence-electron chi connectivity index (χ4n) is 3.72. The summed E-state index contributed by atoms with van der Waals surface area (Å²) in [6.07, 6.45) is 0. The lowest BCUT2D eigenvalue weighted by molar-refractivity contribution is -0.299. The zero-order valence-electron chi connectivity index (χ0n) is 16.5. The number of fused-ring (bicyclic) bond motifs is 2. The Morgan fingerprint density at radius 3 is 2.20 bits per heavy atom. The first-order valence-electron chi connectivity index (χ1n) is 8.98. The zero-order chi connectivity index (χ0) is 21.4. The molecule has 2 heterocycles. The number of methoxy groups -OCH3 is 3. The molecule has 9 nitrogen and oxygen atoms in total. The number of aliphatic carboxylic acids is 1. The van der Waals surface area contributed by atoms with Crippen LogP contribution in [-0.2, 0) is 4.79 Å². The molecule has 30 heavy (non-hydrogen) atoms. The summed E-state index contributed by atoms with van der Waals surface area (Å²) < 4.78 is 32.7. The summed E-state index contributed by atoms with van der Waals surface area (Å²) in [5, 5.41) is 21.9. The summed E-state index contributed by atoms with van der Waals surface area (Å²) in [4.78, 5) is 12.1. The summed E-state index contributed by atoms with van der Waals surface area (Å²) in [7, 11) is 4.40. The topological polar surface area (TPSA) is 116 Å². The van der Waals surface area contributed by atoms with Crippen LogP contribution in [-0.4, -0.2) is 45.8 Å². The average molecular weight is 415 g/mol. The fourth-order valence-corrected chi connectivity index (χ4v) is 3.72. The number of aliphatic hydroxyl groups is 1. The van der Waals surface area contributed by atoms with Crippen molar-refractivity contribution in [3.8, 4) is 34.5 Å². The van der Waals surface area contributed by atoms with Gasteiger partial charge in [0.25, 0.3) is 0 Å². The van der Waals surface area contributed by atoms with E-state index in [1.807, 2.05) is 0 Å². The Morgan fingerprint density at radius 1 is 1.03 bits per heavy atom. The number of hydrogen-bond donors (Lipinski definition) is 1. The van der Waals surface area contributed by atoms with Crippen molar-refractivity contribution >= 4 is 5.97 Å². The third-order valence-corrected chi connectivity index (χ3v) is 5.02. The first kappa shape index (κ1) is 19.7. The zero-order valence-corrected chi connectivity index (χ0v) is 16.5. The summed E-state index contributed by atoms with van der Waals surface area (Å²) in [5.74, 6) is -0.125. The maximum Gasteiger partial charge on any atom is 0.231 e. The number of ether oxygens (including phenoxy) is 6. The number of benzene rings is 2. The molecule has 0 aromatic heterocycles. The van der Waals surface area contributed by atoms with Gasteiger partial charge in [-0.15, -0.1) is 0 Å². The smallest absolute Gasteiger partial charge is 0.231 e. The summed E-state index contributed by atoms with van der Waals surface area (Å²) in [6.45, 7) is -0.585. The third-order valence-electron chi connectivity index (χ3n) is 5.02. The number of carbonyl (C=O) groups is 1. The molecular weight excluding hydrogens is 396 g/mol.